The number of phenols is 1. The van der Waals surface area contributed by atoms with E-state index >= 15 is 0 Å². The molecule has 0 unspecified atom stereocenters. The first-order valence-corrected chi connectivity index (χ1v) is 8.50. The van der Waals surface area contributed by atoms with Gasteiger partial charge in [0, 0.05) is 12.8 Å². The van der Waals surface area contributed by atoms with Crippen LogP contribution in [0, 0.1) is 0 Å². The summed E-state index contributed by atoms with van der Waals surface area (Å²) in [7, 11) is 0. The molecule has 0 atom stereocenters. The van der Waals surface area contributed by atoms with Crippen molar-refractivity contribution in [2.45, 2.75) is 78.6 Å². The molecular weight excluding hydrogens is 320 g/mol. The number of hydrogen-bond donors (Lipinski definition) is 3. The zero-order valence-electron chi connectivity index (χ0n) is 16.4. The first-order valence-electron chi connectivity index (χ1n) is 8.50. The highest BCUT2D eigenvalue weighted by molar-refractivity contribution is 5.67. The Morgan fingerprint density at radius 2 is 1.24 bits per heavy atom. The smallest absolute Gasteiger partial charge is 0.303 e. The molecule has 1 aromatic rings. The van der Waals surface area contributed by atoms with Crippen LogP contribution in [0.25, 0.3) is 0 Å². The summed E-state index contributed by atoms with van der Waals surface area (Å²) in [5.41, 5.74) is 2.38. The molecule has 1 rings (SSSR count). The van der Waals surface area contributed by atoms with Gasteiger partial charge in [-0.1, -0.05) is 60.6 Å². The number of aryl methyl sites for hydroxylation is 1. The van der Waals surface area contributed by atoms with Gasteiger partial charge >= 0.3 is 11.9 Å². The molecule has 1 aromatic carbocycles. The first-order chi connectivity index (χ1) is 11.2. The average molecular weight is 352 g/mol. The molecule has 0 radical (unpaired) electrons. The summed E-state index contributed by atoms with van der Waals surface area (Å²) in [4.78, 5) is 20.1. The highest BCUT2D eigenvalue weighted by Crippen LogP contribution is 2.39. The fraction of sp³-hybridized carbons (Fsp3) is 0.600. The Morgan fingerprint density at radius 3 is 1.48 bits per heavy atom. The minimum Gasteiger partial charge on any atom is -0.507 e. The zero-order chi connectivity index (χ0) is 20.0. The third kappa shape index (κ3) is 8.05. The predicted molar refractivity (Wildman–Crippen MR) is 99.4 cm³/mol. The molecule has 0 saturated heterocycles. The standard InChI is InChI=1S/C17H26O3.C3H6O2/c1-16(2,3)12-9-11(7-8-14(18)19)10-13(15(12)20)17(4,5)6;1-2-3(4)5/h9-10,20H,7-8H2,1-6H3,(H,18,19);2H2,1H3,(H,4,5). The van der Waals surface area contributed by atoms with E-state index in [1.54, 1.807) is 6.92 Å². The van der Waals surface area contributed by atoms with Crippen LogP contribution in [0.5, 0.6) is 5.75 Å². The zero-order valence-corrected chi connectivity index (χ0v) is 16.4. The van der Waals surface area contributed by atoms with Gasteiger partial charge in [-0.25, -0.2) is 0 Å². The largest absolute Gasteiger partial charge is 0.507 e. The molecule has 5 nitrogen and oxygen atoms in total. The normalized spacial score (nSPS) is 11.5. The second-order valence-electron chi connectivity index (χ2n) is 8.18. The van der Waals surface area contributed by atoms with Crippen molar-refractivity contribution in [3.05, 3.63) is 28.8 Å². The molecule has 0 saturated carbocycles. The summed E-state index contributed by atoms with van der Waals surface area (Å²) in [5.74, 6) is -1.21. The minimum absolute atomic E-state index is 0.109. The van der Waals surface area contributed by atoms with Gasteiger partial charge in [-0.2, -0.15) is 0 Å². The molecule has 0 heterocycles. The number of hydrogen-bond acceptors (Lipinski definition) is 3. The van der Waals surface area contributed by atoms with Crippen LogP contribution in [-0.4, -0.2) is 27.3 Å². The number of carboxylic acid groups (broad SMARTS) is 2. The quantitative estimate of drug-likeness (QED) is 0.742. The molecule has 3 N–H and O–H groups in total. The highest BCUT2D eigenvalue weighted by Gasteiger charge is 2.26. The number of phenolic OH excluding ortho intramolecular Hbond substituents is 1. The molecule has 25 heavy (non-hydrogen) atoms. The fourth-order valence-corrected chi connectivity index (χ4v) is 2.23. The number of rotatable bonds is 4. The minimum atomic E-state index is -0.798. The van der Waals surface area contributed by atoms with E-state index in [0.717, 1.165) is 16.7 Å². The number of carbonyl (C=O) groups is 2. The van der Waals surface area contributed by atoms with Crippen LogP contribution < -0.4 is 0 Å². The number of carboxylic acids is 2. The Balaban J connectivity index is 0.00000101. The lowest BCUT2D eigenvalue weighted by molar-refractivity contribution is -0.137. The molecule has 0 bridgehead atoms. The summed E-state index contributed by atoms with van der Waals surface area (Å²) >= 11 is 0. The van der Waals surface area contributed by atoms with E-state index < -0.39 is 11.9 Å². The Bertz CT molecular complexity index is 568. The van der Waals surface area contributed by atoms with E-state index in [0.29, 0.717) is 12.2 Å². The van der Waals surface area contributed by atoms with Gasteiger partial charge in [0.2, 0.25) is 0 Å². The van der Waals surface area contributed by atoms with Crippen LogP contribution in [0.3, 0.4) is 0 Å². The van der Waals surface area contributed by atoms with Gasteiger partial charge in [-0.3, -0.25) is 9.59 Å². The van der Waals surface area contributed by atoms with E-state index in [2.05, 4.69) is 41.5 Å². The summed E-state index contributed by atoms with van der Waals surface area (Å²) in [6, 6.07) is 3.88. The van der Waals surface area contributed by atoms with Gasteiger partial charge in [-0.15, -0.1) is 0 Å². The van der Waals surface area contributed by atoms with Crippen LogP contribution in [0.1, 0.15) is 78.0 Å². The molecule has 0 aliphatic rings. The van der Waals surface area contributed by atoms with Crippen molar-refractivity contribution in [1.29, 1.82) is 0 Å². The van der Waals surface area contributed by atoms with Crippen molar-refractivity contribution in [3.8, 4) is 5.75 Å². The molecule has 142 valence electrons. The lowest BCUT2D eigenvalue weighted by Crippen LogP contribution is -2.18. The van der Waals surface area contributed by atoms with Crippen LogP contribution in [-0.2, 0) is 26.8 Å². The van der Waals surface area contributed by atoms with Crippen molar-refractivity contribution in [1.82, 2.24) is 0 Å². The lowest BCUT2D eigenvalue weighted by Gasteiger charge is -2.28. The second-order valence-corrected chi connectivity index (χ2v) is 8.18. The van der Waals surface area contributed by atoms with Gasteiger partial charge < -0.3 is 15.3 Å². The lowest BCUT2D eigenvalue weighted by atomic mass is 9.78. The van der Waals surface area contributed by atoms with Crippen molar-refractivity contribution >= 4 is 11.9 Å². The topological polar surface area (TPSA) is 94.8 Å². The third-order valence-electron chi connectivity index (χ3n) is 3.72. The van der Waals surface area contributed by atoms with Crippen molar-refractivity contribution in [2.75, 3.05) is 0 Å². The van der Waals surface area contributed by atoms with E-state index in [1.165, 1.54) is 0 Å². The van der Waals surface area contributed by atoms with Crippen LogP contribution in [0.15, 0.2) is 12.1 Å². The van der Waals surface area contributed by atoms with Crippen molar-refractivity contribution in [3.63, 3.8) is 0 Å². The second kappa shape index (κ2) is 8.88. The Labute approximate surface area is 150 Å². The maximum atomic E-state index is 10.8. The number of benzene rings is 1. The molecule has 0 spiro atoms. The monoisotopic (exact) mass is 352 g/mol. The van der Waals surface area contributed by atoms with Gasteiger partial charge in [0.1, 0.15) is 5.75 Å². The third-order valence-corrected chi connectivity index (χ3v) is 3.72. The van der Waals surface area contributed by atoms with Crippen molar-refractivity contribution in [2.24, 2.45) is 0 Å². The Hall–Kier alpha value is -2.04. The van der Waals surface area contributed by atoms with E-state index in [1.807, 2.05) is 12.1 Å². The van der Waals surface area contributed by atoms with Gasteiger partial charge in [0.25, 0.3) is 0 Å². The maximum Gasteiger partial charge on any atom is 0.303 e. The Kier molecular flexibility index (Phi) is 8.16. The molecule has 0 aliphatic heterocycles. The van der Waals surface area contributed by atoms with Crippen molar-refractivity contribution < 1.29 is 24.9 Å². The number of aromatic hydroxyl groups is 1. The van der Waals surface area contributed by atoms with Crippen LogP contribution in [0.4, 0.5) is 0 Å². The summed E-state index contributed by atoms with van der Waals surface area (Å²) in [6.07, 6.45) is 0.819. The SMILES string of the molecule is CC(C)(C)c1cc(CCC(=O)O)cc(C(C)(C)C)c1O.CCC(=O)O. The van der Waals surface area contributed by atoms with Gasteiger partial charge in [-0.05, 0) is 33.9 Å². The van der Waals surface area contributed by atoms with Gasteiger partial charge in [0.15, 0.2) is 0 Å². The summed E-state index contributed by atoms with van der Waals surface area (Å²) < 4.78 is 0. The molecule has 0 aliphatic carbocycles. The molecule has 0 fully saturated rings. The average Bonchev–Trinajstić information content (AvgIpc) is 2.44. The number of aliphatic carboxylic acids is 2. The summed E-state index contributed by atoms with van der Waals surface area (Å²) in [5, 5.41) is 27.1. The molecule has 0 amide bonds. The predicted octanol–water partition coefficient (Wildman–Crippen LogP) is 4.49. The molecular formula is C20H32O5. The maximum absolute atomic E-state index is 10.8. The Morgan fingerprint density at radius 1 is 0.880 bits per heavy atom. The van der Waals surface area contributed by atoms with E-state index in [9.17, 15) is 14.7 Å². The van der Waals surface area contributed by atoms with Crippen LogP contribution >= 0.6 is 0 Å². The van der Waals surface area contributed by atoms with Gasteiger partial charge in [0.05, 0.1) is 0 Å². The van der Waals surface area contributed by atoms with Crippen LogP contribution in [0.2, 0.25) is 0 Å². The fourth-order valence-electron chi connectivity index (χ4n) is 2.23. The van der Waals surface area contributed by atoms with E-state index in [-0.39, 0.29) is 23.7 Å². The highest BCUT2D eigenvalue weighted by atomic mass is 16.4. The molecule has 5 heteroatoms. The molecule has 0 aromatic heterocycles. The first kappa shape index (κ1) is 23.0. The van der Waals surface area contributed by atoms with E-state index in [4.69, 9.17) is 10.2 Å². The summed E-state index contributed by atoms with van der Waals surface area (Å²) in [6.45, 7) is 13.9.